The summed E-state index contributed by atoms with van der Waals surface area (Å²) in [6, 6.07) is 2.86. The molecule has 1 saturated heterocycles. The molecule has 1 aromatic carbocycles. The molecule has 6 rings (SSSR count). The van der Waals surface area contributed by atoms with E-state index in [4.69, 9.17) is 21.1 Å². The number of carbonyl (C=O) groups is 4. The fourth-order valence-electron chi connectivity index (χ4n) is 7.29. The number of benzene rings is 1. The standard InChI is InChI=1S/C35H44ClN5O9S/c1-19-7-5-6-8-21-16-35(21,32(44)40-51(47,48)34(3)11-12-34)39-30(42)26-15-23(18-41(26)31(43)28(20(2)13-19)38-33(45)46)50-27-17-37-29(36)24-10-9-22(49-4)14-25(24)27/h6,8-10,14,17,19-21,23,26,28,38H,5,7,11-13,15-16,18H2,1-4H3,(H,39,42)(H,40,44)(H,45,46)/b8-6-/t19-,20-,21-,23-,26+,28+,35-/m1/s1. The van der Waals surface area contributed by atoms with Gasteiger partial charge in [-0.25, -0.2) is 18.2 Å². The SMILES string of the molecule is COc1ccc2c(Cl)ncc(O[C@@H]3C[C@H]4C(=O)N[C@]5(C(=O)NS(=O)(=O)C6(C)CC6)C[C@H]5/C=C\CC[C@@H](C)C[C@@H](C)[C@H](NC(=O)O)C(=O)N4C3)c2c1. The molecule has 1 aromatic heterocycles. The van der Waals surface area contributed by atoms with Gasteiger partial charge >= 0.3 is 6.09 Å². The third kappa shape index (κ3) is 7.32. The Morgan fingerprint density at radius 1 is 1.16 bits per heavy atom. The van der Waals surface area contributed by atoms with Gasteiger partial charge in [-0.3, -0.25) is 19.1 Å². The van der Waals surface area contributed by atoms with Gasteiger partial charge in [-0.1, -0.05) is 37.6 Å². The molecule has 4 aliphatic rings. The number of amides is 4. The minimum Gasteiger partial charge on any atom is -0.497 e. The number of nitrogens with one attached hydrogen (secondary N) is 3. The summed E-state index contributed by atoms with van der Waals surface area (Å²) in [5.74, 6) is -2.01. The van der Waals surface area contributed by atoms with Crippen LogP contribution in [0.25, 0.3) is 10.8 Å². The van der Waals surface area contributed by atoms with Gasteiger partial charge in [0, 0.05) is 23.1 Å². The average molecular weight is 746 g/mol. The minimum absolute atomic E-state index is 0.00912. The van der Waals surface area contributed by atoms with E-state index in [1.165, 1.54) is 18.2 Å². The van der Waals surface area contributed by atoms with Crippen LogP contribution in [0.1, 0.15) is 65.7 Å². The van der Waals surface area contributed by atoms with Crippen molar-refractivity contribution in [1.82, 2.24) is 25.2 Å². The average Bonchev–Trinajstić information content (AvgIpc) is 3.96. The van der Waals surface area contributed by atoms with E-state index in [0.29, 0.717) is 48.0 Å². The van der Waals surface area contributed by atoms with Crippen molar-refractivity contribution in [2.45, 2.75) is 94.2 Å². The molecule has 3 fully saturated rings. The second-order valence-corrected chi connectivity index (χ2v) is 17.3. The van der Waals surface area contributed by atoms with Crippen LogP contribution in [-0.4, -0.2) is 89.4 Å². The molecule has 3 heterocycles. The first-order valence-electron chi connectivity index (χ1n) is 17.2. The molecule has 276 valence electrons. The number of allylic oxidation sites excluding steroid dienone is 1. The lowest BCUT2D eigenvalue weighted by Gasteiger charge is -2.32. The predicted octanol–water partition coefficient (Wildman–Crippen LogP) is 3.77. The van der Waals surface area contributed by atoms with Crippen molar-refractivity contribution in [3.63, 3.8) is 0 Å². The van der Waals surface area contributed by atoms with Gasteiger partial charge in [-0.15, -0.1) is 0 Å². The van der Waals surface area contributed by atoms with E-state index in [2.05, 4.69) is 20.3 Å². The molecule has 0 bridgehead atoms. The lowest BCUT2D eigenvalue weighted by molar-refractivity contribution is -0.142. The summed E-state index contributed by atoms with van der Waals surface area (Å²) in [6.45, 7) is 5.31. The zero-order chi connectivity index (χ0) is 36.9. The van der Waals surface area contributed by atoms with Crippen molar-refractivity contribution < 1.29 is 42.2 Å². The van der Waals surface area contributed by atoms with Crippen LogP contribution >= 0.6 is 11.6 Å². The van der Waals surface area contributed by atoms with Gasteiger partial charge in [0.15, 0.2) is 0 Å². The molecular weight excluding hydrogens is 702 g/mol. The van der Waals surface area contributed by atoms with Crippen molar-refractivity contribution >= 4 is 56.2 Å². The summed E-state index contributed by atoms with van der Waals surface area (Å²) in [5.41, 5.74) is -1.55. The number of carbonyl (C=O) groups excluding carboxylic acids is 3. The second-order valence-electron chi connectivity index (χ2n) is 14.7. The van der Waals surface area contributed by atoms with Gasteiger partial charge in [0.05, 0.1) is 24.6 Å². The maximum Gasteiger partial charge on any atom is 0.405 e. The van der Waals surface area contributed by atoms with Gasteiger partial charge < -0.3 is 30.1 Å². The normalized spacial score (nSPS) is 31.2. The van der Waals surface area contributed by atoms with E-state index >= 15 is 0 Å². The van der Waals surface area contributed by atoms with Crippen molar-refractivity contribution in [3.8, 4) is 11.5 Å². The molecular formula is C35H44ClN5O9S. The lowest BCUT2D eigenvalue weighted by atomic mass is 9.88. The fraction of sp³-hybridized carbons (Fsp3) is 0.571. The Bertz CT molecular complexity index is 1890. The number of halogens is 1. The van der Waals surface area contributed by atoms with E-state index in [-0.39, 0.29) is 30.5 Å². The number of methoxy groups -OCH3 is 1. The van der Waals surface area contributed by atoms with Gasteiger partial charge in [0.2, 0.25) is 21.8 Å². The van der Waals surface area contributed by atoms with E-state index in [1.54, 1.807) is 32.0 Å². The first-order valence-corrected chi connectivity index (χ1v) is 19.1. The zero-order valence-corrected chi connectivity index (χ0v) is 30.6. The molecule has 2 aliphatic heterocycles. The number of ether oxygens (including phenoxy) is 2. The van der Waals surface area contributed by atoms with Gasteiger partial charge in [-0.2, -0.15) is 0 Å². The summed E-state index contributed by atoms with van der Waals surface area (Å²) < 4.78 is 39.2. The summed E-state index contributed by atoms with van der Waals surface area (Å²) in [4.78, 5) is 60.0. The maximum atomic E-state index is 14.4. The number of rotatable bonds is 7. The third-order valence-electron chi connectivity index (χ3n) is 10.8. The van der Waals surface area contributed by atoms with Crippen LogP contribution in [0.2, 0.25) is 5.15 Å². The molecule has 14 nitrogen and oxygen atoms in total. The number of carboxylic acid groups (broad SMARTS) is 1. The summed E-state index contributed by atoms with van der Waals surface area (Å²) in [6.07, 6.45) is 6.00. The van der Waals surface area contributed by atoms with E-state index < -0.39 is 74.1 Å². The van der Waals surface area contributed by atoms with Crippen molar-refractivity contribution in [2.75, 3.05) is 13.7 Å². The molecule has 2 saturated carbocycles. The topological polar surface area (TPSA) is 193 Å². The van der Waals surface area contributed by atoms with Crippen LogP contribution in [0.15, 0.2) is 36.5 Å². The van der Waals surface area contributed by atoms with Crippen molar-refractivity contribution in [3.05, 3.63) is 41.7 Å². The molecule has 0 unspecified atom stereocenters. The highest BCUT2D eigenvalue weighted by Crippen LogP contribution is 2.47. The highest BCUT2D eigenvalue weighted by atomic mass is 35.5. The lowest BCUT2D eigenvalue weighted by Crippen LogP contribution is -2.59. The number of fused-ring (bicyclic) bond motifs is 3. The summed E-state index contributed by atoms with van der Waals surface area (Å²) in [7, 11) is -2.48. The molecule has 0 radical (unpaired) electrons. The molecule has 2 aromatic rings. The maximum absolute atomic E-state index is 14.4. The predicted molar refractivity (Wildman–Crippen MR) is 188 cm³/mol. The molecule has 4 amide bonds. The monoisotopic (exact) mass is 745 g/mol. The van der Waals surface area contributed by atoms with E-state index in [1.807, 2.05) is 19.1 Å². The number of aromatic nitrogens is 1. The van der Waals surface area contributed by atoms with Gasteiger partial charge in [0.1, 0.15) is 40.4 Å². The van der Waals surface area contributed by atoms with Crippen LogP contribution in [-0.2, 0) is 24.4 Å². The Kier molecular flexibility index (Phi) is 9.92. The van der Waals surface area contributed by atoms with E-state index in [9.17, 15) is 32.7 Å². The molecule has 7 atom stereocenters. The Hall–Kier alpha value is -4.11. The molecule has 0 spiro atoms. The highest BCUT2D eigenvalue weighted by molar-refractivity contribution is 7.91. The smallest absolute Gasteiger partial charge is 0.405 e. The Labute approximate surface area is 301 Å². The van der Waals surface area contributed by atoms with E-state index in [0.717, 1.165) is 6.42 Å². The van der Waals surface area contributed by atoms with Crippen LogP contribution in [0.3, 0.4) is 0 Å². The number of sulfonamides is 1. The number of hydrogen-bond acceptors (Lipinski definition) is 9. The largest absolute Gasteiger partial charge is 0.497 e. The van der Waals surface area contributed by atoms with Crippen molar-refractivity contribution in [1.29, 1.82) is 0 Å². The molecule has 4 N–H and O–H groups in total. The highest BCUT2D eigenvalue weighted by Gasteiger charge is 2.63. The Balaban J connectivity index is 1.35. The first kappa shape index (κ1) is 36.7. The van der Waals surface area contributed by atoms with Crippen LogP contribution < -0.4 is 24.8 Å². The Morgan fingerprint density at radius 3 is 2.59 bits per heavy atom. The second kappa shape index (κ2) is 13.8. The van der Waals surface area contributed by atoms with Crippen LogP contribution in [0.5, 0.6) is 11.5 Å². The molecule has 2 aliphatic carbocycles. The van der Waals surface area contributed by atoms with Crippen LogP contribution in [0.4, 0.5) is 4.79 Å². The van der Waals surface area contributed by atoms with Crippen molar-refractivity contribution in [2.24, 2.45) is 17.8 Å². The van der Waals surface area contributed by atoms with Gasteiger partial charge in [0.25, 0.3) is 5.91 Å². The minimum atomic E-state index is -4.01. The molecule has 16 heteroatoms. The fourth-order valence-corrected chi connectivity index (χ4v) is 8.82. The van der Waals surface area contributed by atoms with Crippen LogP contribution in [0, 0.1) is 17.8 Å². The number of pyridine rings is 1. The third-order valence-corrected chi connectivity index (χ3v) is 13.3. The quantitative estimate of drug-likeness (QED) is 0.240. The summed E-state index contributed by atoms with van der Waals surface area (Å²) in [5, 5.41) is 16.4. The Morgan fingerprint density at radius 2 is 1.90 bits per heavy atom. The number of nitrogens with zero attached hydrogens (tertiary/aromatic N) is 2. The van der Waals surface area contributed by atoms with Gasteiger partial charge in [-0.05, 0) is 75.5 Å². The first-order chi connectivity index (χ1) is 24.1. The number of hydrogen-bond donors (Lipinski definition) is 4. The summed E-state index contributed by atoms with van der Waals surface area (Å²) >= 11 is 6.37. The molecule has 51 heavy (non-hydrogen) atoms. The zero-order valence-electron chi connectivity index (χ0n) is 29.0.